The first-order valence-corrected chi connectivity index (χ1v) is 9.03. The van der Waals surface area contributed by atoms with E-state index in [1.54, 1.807) is 28.0 Å². The zero-order valence-corrected chi connectivity index (χ0v) is 15.5. The lowest BCUT2D eigenvalue weighted by molar-refractivity contribution is -0.384. The summed E-state index contributed by atoms with van der Waals surface area (Å²) in [5.74, 6) is 0.820. The summed E-state index contributed by atoms with van der Waals surface area (Å²) in [5.41, 5.74) is -1.16. The molecule has 1 amide bonds. The van der Waals surface area contributed by atoms with Crippen molar-refractivity contribution in [3.05, 3.63) is 57.6 Å². The van der Waals surface area contributed by atoms with Crippen LogP contribution in [0.5, 0.6) is 11.5 Å². The van der Waals surface area contributed by atoms with Crippen molar-refractivity contribution >= 4 is 17.3 Å². The smallest absolute Gasteiger partial charge is 0.416 e. The molecule has 4 rings (SSSR count). The fourth-order valence-electron chi connectivity index (χ4n) is 3.48. The number of benzene rings is 2. The maximum atomic E-state index is 12.9. The highest BCUT2D eigenvalue weighted by Gasteiger charge is 2.34. The third kappa shape index (κ3) is 3.70. The molecule has 0 bridgehead atoms. The Morgan fingerprint density at radius 2 is 1.70 bits per heavy atom. The minimum atomic E-state index is -4.67. The van der Waals surface area contributed by atoms with Crippen molar-refractivity contribution < 1.29 is 32.4 Å². The molecule has 2 aromatic rings. The van der Waals surface area contributed by atoms with Crippen molar-refractivity contribution in [3.8, 4) is 11.5 Å². The average Bonchev–Trinajstić information content (AvgIpc) is 3.20. The van der Waals surface area contributed by atoms with Crippen LogP contribution >= 0.6 is 0 Å². The van der Waals surface area contributed by atoms with Crippen LogP contribution in [0.1, 0.15) is 15.9 Å². The van der Waals surface area contributed by atoms with Gasteiger partial charge in [0.2, 0.25) is 6.79 Å². The van der Waals surface area contributed by atoms with Crippen LogP contribution in [-0.2, 0) is 6.18 Å². The van der Waals surface area contributed by atoms with Crippen LogP contribution in [0.2, 0.25) is 0 Å². The number of halogens is 3. The number of carbonyl (C=O) groups excluding carboxylic acids is 1. The molecule has 30 heavy (non-hydrogen) atoms. The SMILES string of the molecule is O=C(c1ccc2c(c1)OCO2)N1CCN(c2ccc(C(F)(F)F)cc2[N+](=O)[O-])CC1. The number of piperazine rings is 1. The molecule has 2 aliphatic rings. The number of alkyl halides is 3. The summed E-state index contributed by atoms with van der Waals surface area (Å²) in [5, 5.41) is 11.3. The molecular formula is C19H16F3N3O5. The number of fused-ring (bicyclic) bond motifs is 1. The zero-order valence-electron chi connectivity index (χ0n) is 15.5. The summed E-state index contributed by atoms with van der Waals surface area (Å²) >= 11 is 0. The summed E-state index contributed by atoms with van der Waals surface area (Å²) in [6.07, 6.45) is -4.67. The fraction of sp³-hybridized carbons (Fsp3) is 0.316. The van der Waals surface area contributed by atoms with Gasteiger partial charge in [0.05, 0.1) is 10.5 Å². The first kappa shape index (κ1) is 19.8. The first-order chi connectivity index (χ1) is 14.2. The van der Waals surface area contributed by atoms with Crippen LogP contribution in [0.15, 0.2) is 36.4 Å². The third-order valence-corrected chi connectivity index (χ3v) is 5.03. The Morgan fingerprint density at radius 1 is 1.00 bits per heavy atom. The van der Waals surface area contributed by atoms with Crippen LogP contribution in [0.3, 0.4) is 0 Å². The highest BCUT2D eigenvalue weighted by atomic mass is 19.4. The van der Waals surface area contributed by atoms with Gasteiger partial charge in [-0.2, -0.15) is 13.2 Å². The number of amides is 1. The summed E-state index contributed by atoms with van der Waals surface area (Å²) < 4.78 is 49.2. The van der Waals surface area contributed by atoms with Gasteiger partial charge in [-0.1, -0.05) is 0 Å². The standard InChI is InChI=1S/C19H16F3N3O5/c20-19(21,22)13-2-3-14(15(10-13)25(27)28)23-5-7-24(8-6-23)18(26)12-1-4-16-17(9-12)30-11-29-16/h1-4,9-10H,5-8,11H2. The molecular weight excluding hydrogens is 407 g/mol. The maximum absolute atomic E-state index is 12.9. The van der Waals surface area contributed by atoms with Crippen LogP contribution in [0.25, 0.3) is 0 Å². The van der Waals surface area contributed by atoms with E-state index in [1.807, 2.05) is 0 Å². The lowest BCUT2D eigenvalue weighted by atomic mass is 10.1. The molecule has 0 N–H and O–H groups in total. The van der Waals surface area contributed by atoms with Gasteiger partial charge in [0, 0.05) is 37.8 Å². The minimum Gasteiger partial charge on any atom is -0.454 e. The number of rotatable bonds is 3. The van der Waals surface area contributed by atoms with Gasteiger partial charge in [-0.25, -0.2) is 0 Å². The van der Waals surface area contributed by atoms with Gasteiger partial charge < -0.3 is 19.3 Å². The van der Waals surface area contributed by atoms with E-state index in [0.29, 0.717) is 23.1 Å². The largest absolute Gasteiger partial charge is 0.454 e. The van der Waals surface area contributed by atoms with E-state index >= 15 is 0 Å². The van der Waals surface area contributed by atoms with Gasteiger partial charge >= 0.3 is 6.18 Å². The predicted octanol–water partition coefficient (Wildman–Crippen LogP) is 3.30. The maximum Gasteiger partial charge on any atom is 0.416 e. The molecule has 8 nitrogen and oxygen atoms in total. The Hall–Kier alpha value is -3.50. The monoisotopic (exact) mass is 423 g/mol. The second kappa shape index (κ2) is 7.39. The first-order valence-electron chi connectivity index (χ1n) is 9.03. The van der Waals surface area contributed by atoms with Gasteiger partial charge in [-0.05, 0) is 30.3 Å². The minimum absolute atomic E-state index is 0.0948. The number of nitro groups is 1. The van der Waals surface area contributed by atoms with E-state index in [2.05, 4.69) is 0 Å². The van der Waals surface area contributed by atoms with Crippen LogP contribution < -0.4 is 14.4 Å². The molecule has 0 atom stereocenters. The van der Waals surface area contributed by atoms with Gasteiger partial charge in [0.1, 0.15) is 5.69 Å². The number of carbonyl (C=O) groups is 1. The molecule has 11 heteroatoms. The summed E-state index contributed by atoms with van der Waals surface area (Å²) in [6, 6.07) is 7.35. The molecule has 2 aliphatic heterocycles. The number of nitro benzene ring substituents is 1. The van der Waals surface area contributed by atoms with Crippen LogP contribution in [0.4, 0.5) is 24.5 Å². The van der Waals surface area contributed by atoms with Crippen LogP contribution in [-0.4, -0.2) is 48.7 Å². The number of anilines is 1. The number of ether oxygens (including phenoxy) is 2. The zero-order chi connectivity index (χ0) is 21.5. The van der Waals surface area contributed by atoms with Gasteiger partial charge in [-0.3, -0.25) is 14.9 Å². The summed E-state index contributed by atoms with van der Waals surface area (Å²) in [6.45, 7) is 1.14. The lowest BCUT2D eigenvalue weighted by Gasteiger charge is -2.36. The van der Waals surface area contributed by atoms with Crippen molar-refractivity contribution in [2.24, 2.45) is 0 Å². The van der Waals surface area contributed by atoms with Crippen molar-refractivity contribution in [1.82, 2.24) is 4.90 Å². The topological polar surface area (TPSA) is 85.2 Å². The van der Waals surface area contributed by atoms with Gasteiger partial charge in [0.15, 0.2) is 11.5 Å². The highest BCUT2D eigenvalue weighted by molar-refractivity contribution is 5.95. The lowest BCUT2D eigenvalue weighted by Crippen LogP contribution is -2.49. The predicted molar refractivity (Wildman–Crippen MR) is 98.8 cm³/mol. The normalized spacial score (nSPS) is 16.0. The number of hydrogen-bond acceptors (Lipinski definition) is 6. The number of hydrogen-bond donors (Lipinski definition) is 0. The van der Waals surface area contributed by atoms with E-state index in [-0.39, 0.29) is 44.6 Å². The third-order valence-electron chi connectivity index (χ3n) is 5.03. The fourth-order valence-corrected chi connectivity index (χ4v) is 3.48. The summed E-state index contributed by atoms with van der Waals surface area (Å²) in [4.78, 5) is 26.4. The number of nitrogens with zero attached hydrogens (tertiary/aromatic N) is 3. The average molecular weight is 423 g/mol. The van der Waals surface area contributed by atoms with E-state index in [0.717, 1.165) is 12.1 Å². The molecule has 0 spiro atoms. The van der Waals surface area contributed by atoms with E-state index in [9.17, 15) is 28.1 Å². The molecule has 158 valence electrons. The molecule has 0 aromatic heterocycles. The molecule has 0 saturated carbocycles. The van der Waals surface area contributed by atoms with E-state index in [4.69, 9.17) is 9.47 Å². The second-order valence-electron chi connectivity index (χ2n) is 6.81. The second-order valence-corrected chi connectivity index (χ2v) is 6.81. The molecule has 1 saturated heterocycles. The van der Waals surface area contributed by atoms with E-state index < -0.39 is 22.4 Å². The van der Waals surface area contributed by atoms with Crippen molar-refractivity contribution in [1.29, 1.82) is 0 Å². The molecule has 2 heterocycles. The molecule has 0 unspecified atom stereocenters. The molecule has 1 fully saturated rings. The van der Waals surface area contributed by atoms with E-state index in [1.165, 1.54) is 0 Å². The molecule has 0 radical (unpaired) electrons. The molecule has 2 aromatic carbocycles. The van der Waals surface area contributed by atoms with Crippen molar-refractivity contribution in [2.75, 3.05) is 37.9 Å². The Bertz CT molecular complexity index is 1000. The van der Waals surface area contributed by atoms with Crippen molar-refractivity contribution in [2.45, 2.75) is 6.18 Å². The van der Waals surface area contributed by atoms with Crippen molar-refractivity contribution in [3.63, 3.8) is 0 Å². The van der Waals surface area contributed by atoms with Gasteiger partial charge in [-0.15, -0.1) is 0 Å². The summed E-state index contributed by atoms with van der Waals surface area (Å²) in [7, 11) is 0. The Kier molecular flexibility index (Phi) is 4.88. The quantitative estimate of drug-likeness (QED) is 0.556. The molecule has 0 aliphatic carbocycles. The van der Waals surface area contributed by atoms with Crippen LogP contribution in [0, 0.1) is 10.1 Å². The Labute approximate surface area is 168 Å². The Balaban J connectivity index is 1.48. The highest BCUT2D eigenvalue weighted by Crippen LogP contribution is 2.37. The van der Waals surface area contributed by atoms with Gasteiger partial charge in [0.25, 0.3) is 11.6 Å². The Morgan fingerprint density at radius 3 is 2.37 bits per heavy atom.